The minimum Gasteiger partial charge on any atom is -0.370 e. The van der Waals surface area contributed by atoms with Crippen LogP contribution >= 0.6 is 24.0 Å². The van der Waals surface area contributed by atoms with Crippen LogP contribution in [0.1, 0.15) is 5.69 Å². The molecule has 3 rings (SSSR count). The summed E-state index contributed by atoms with van der Waals surface area (Å²) in [6.07, 6.45) is 5.80. The lowest BCUT2D eigenvalue weighted by Crippen LogP contribution is -2.51. The minimum absolute atomic E-state index is 0. The normalized spacial score (nSPS) is 15.0. The van der Waals surface area contributed by atoms with Gasteiger partial charge in [-0.2, -0.15) is 0 Å². The van der Waals surface area contributed by atoms with Crippen molar-refractivity contribution in [2.75, 3.05) is 37.6 Å². The van der Waals surface area contributed by atoms with Crippen LogP contribution in [0.4, 0.5) is 10.1 Å². The number of aliphatic imine (C=N–C) groups is 1. The zero-order chi connectivity index (χ0) is 16.8. The van der Waals surface area contributed by atoms with Gasteiger partial charge >= 0.3 is 0 Å². The van der Waals surface area contributed by atoms with Gasteiger partial charge in [-0.1, -0.05) is 0 Å². The number of nitrogens with zero attached hydrogens (tertiary/aromatic N) is 5. The van der Waals surface area contributed by atoms with E-state index in [1.807, 2.05) is 12.1 Å². The monoisotopic (exact) mass is 456 g/mol. The maximum atomic E-state index is 13.0. The van der Waals surface area contributed by atoms with Gasteiger partial charge in [-0.25, -0.2) is 4.39 Å². The van der Waals surface area contributed by atoms with Crippen molar-refractivity contribution >= 4 is 35.6 Å². The molecule has 8 heteroatoms. The third-order valence-corrected chi connectivity index (χ3v) is 4.05. The molecule has 0 aliphatic carbocycles. The number of aromatic nitrogens is 2. The van der Waals surface area contributed by atoms with Crippen molar-refractivity contribution in [1.82, 2.24) is 14.9 Å². The Balaban J connectivity index is 0.00000225. The van der Waals surface area contributed by atoms with E-state index in [9.17, 15) is 4.39 Å². The number of nitrogens with two attached hydrogens (primary N) is 1. The highest BCUT2D eigenvalue weighted by atomic mass is 127. The van der Waals surface area contributed by atoms with Gasteiger partial charge in [0.25, 0.3) is 0 Å². The first-order valence-corrected chi connectivity index (χ1v) is 8.02. The summed E-state index contributed by atoms with van der Waals surface area (Å²) >= 11 is 0. The molecular weight excluding hydrogens is 434 g/mol. The van der Waals surface area contributed by atoms with Crippen molar-refractivity contribution in [1.29, 1.82) is 0 Å². The molecule has 1 aliphatic rings. The van der Waals surface area contributed by atoms with Gasteiger partial charge in [0.05, 0.1) is 5.69 Å². The molecule has 1 aromatic carbocycles. The van der Waals surface area contributed by atoms with Crippen LogP contribution in [0.25, 0.3) is 0 Å². The zero-order valence-electron chi connectivity index (χ0n) is 13.9. The largest absolute Gasteiger partial charge is 0.370 e. The van der Waals surface area contributed by atoms with Crippen LogP contribution in [0.15, 0.2) is 47.8 Å². The van der Waals surface area contributed by atoms with Crippen LogP contribution in [0.5, 0.6) is 0 Å². The van der Waals surface area contributed by atoms with Crippen molar-refractivity contribution in [3.8, 4) is 0 Å². The smallest absolute Gasteiger partial charge is 0.191 e. The van der Waals surface area contributed by atoms with Gasteiger partial charge in [0, 0.05) is 63.4 Å². The Morgan fingerprint density at radius 1 is 1.12 bits per heavy atom. The molecule has 1 aliphatic heterocycles. The Morgan fingerprint density at radius 2 is 1.84 bits per heavy atom. The summed E-state index contributed by atoms with van der Waals surface area (Å²) in [5.41, 5.74) is 8.04. The summed E-state index contributed by atoms with van der Waals surface area (Å²) in [4.78, 5) is 17.0. The highest BCUT2D eigenvalue weighted by Gasteiger charge is 2.18. The van der Waals surface area contributed by atoms with E-state index in [1.54, 1.807) is 18.6 Å². The van der Waals surface area contributed by atoms with E-state index >= 15 is 0 Å². The lowest BCUT2D eigenvalue weighted by molar-refractivity contribution is 0.381. The third-order valence-electron chi connectivity index (χ3n) is 4.05. The molecule has 2 aromatic rings. The molecular formula is C17H22FIN6. The molecule has 0 unspecified atom stereocenters. The Bertz CT molecular complexity index is 671. The first-order valence-electron chi connectivity index (χ1n) is 8.02. The van der Waals surface area contributed by atoms with Crippen molar-refractivity contribution < 1.29 is 4.39 Å². The van der Waals surface area contributed by atoms with Crippen LogP contribution in [-0.2, 0) is 6.42 Å². The molecule has 25 heavy (non-hydrogen) atoms. The maximum Gasteiger partial charge on any atom is 0.191 e. The average Bonchev–Trinajstić information content (AvgIpc) is 2.63. The first-order chi connectivity index (χ1) is 11.7. The number of hydrogen-bond donors (Lipinski definition) is 1. The van der Waals surface area contributed by atoms with Gasteiger partial charge in [-0.05, 0) is 24.3 Å². The Kier molecular flexibility index (Phi) is 7.35. The van der Waals surface area contributed by atoms with Gasteiger partial charge in [0.15, 0.2) is 5.96 Å². The zero-order valence-corrected chi connectivity index (χ0v) is 16.2. The standard InChI is InChI=1S/C17H21FN6.HI/c18-14-1-3-16(4-2-14)23-9-11-24(12-10-23)17(19)22-6-5-15-13-20-7-8-21-15;/h1-4,7-8,13H,5-6,9-12H2,(H2,19,22);1H. The molecule has 1 aromatic heterocycles. The molecule has 0 amide bonds. The van der Waals surface area contributed by atoms with E-state index in [0.717, 1.165) is 44.0 Å². The Morgan fingerprint density at radius 3 is 2.48 bits per heavy atom. The maximum absolute atomic E-state index is 13.0. The van der Waals surface area contributed by atoms with Crippen LogP contribution in [-0.4, -0.2) is 53.6 Å². The van der Waals surface area contributed by atoms with Gasteiger partial charge in [0.2, 0.25) is 0 Å². The van der Waals surface area contributed by atoms with E-state index in [2.05, 4.69) is 24.8 Å². The molecule has 1 saturated heterocycles. The second kappa shape index (κ2) is 9.50. The lowest BCUT2D eigenvalue weighted by atomic mass is 10.2. The van der Waals surface area contributed by atoms with Gasteiger partial charge < -0.3 is 15.5 Å². The molecule has 0 saturated carbocycles. The second-order valence-electron chi connectivity index (χ2n) is 5.64. The van der Waals surface area contributed by atoms with Crippen LogP contribution in [0, 0.1) is 5.82 Å². The molecule has 1 fully saturated rings. The Hall–Kier alpha value is -1.97. The summed E-state index contributed by atoms with van der Waals surface area (Å²) in [5, 5.41) is 0. The molecule has 0 bridgehead atoms. The first kappa shape index (κ1) is 19.4. The quantitative estimate of drug-likeness (QED) is 0.433. The number of benzene rings is 1. The number of anilines is 1. The number of rotatable bonds is 4. The summed E-state index contributed by atoms with van der Waals surface area (Å²) in [6, 6.07) is 6.60. The van der Waals surface area contributed by atoms with Crippen LogP contribution < -0.4 is 10.6 Å². The van der Waals surface area contributed by atoms with Crippen molar-refractivity contribution in [3.63, 3.8) is 0 Å². The van der Waals surface area contributed by atoms with E-state index < -0.39 is 0 Å². The van der Waals surface area contributed by atoms with Crippen molar-refractivity contribution in [2.24, 2.45) is 10.7 Å². The van der Waals surface area contributed by atoms with Crippen LogP contribution in [0.2, 0.25) is 0 Å². The number of piperazine rings is 1. The number of guanidine groups is 1. The third kappa shape index (κ3) is 5.52. The molecule has 6 nitrogen and oxygen atoms in total. The van der Waals surface area contributed by atoms with E-state index in [0.29, 0.717) is 12.5 Å². The van der Waals surface area contributed by atoms with Gasteiger partial charge in [0.1, 0.15) is 5.82 Å². The summed E-state index contributed by atoms with van der Waals surface area (Å²) < 4.78 is 13.0. The minimum atomic E-state index is -0.211. The molecule has 0 spiro atoms. The highest BCUT2D eigenvalue weighted by molar-refractivity contribution is 14.0. The predicted molar refractivity (Wildman–Crippen MR) is 108 cm³/mol. The van der Waals surface area contributed by atoms with E-state index in [-0.39, 0.29) is 29.8 Å². The lowest BCUT2D eigenvalue weighted by Gasteiger charge is -2.36. The summed E-state index contributed by atoms with van der Waals surface area (Å²) in [6.45, 7) is 3.89. The fraction of sp³-hybridized carbons (Fsp3) is 0.353. The second-order valence-corrected chi connectivity index (χ2v) is 5.64. The predicted octanol–water partition coefficient (Wildman–Crippen LogP) is 1.91. The molecule has 0 radical (unpaired) electrons. The number of halogens is 2. The molecule has 134 valence electrons. The molecule has 0 atom stereocenters. The fourth-order valence-corrected chi connectivity index (χ4v) is 2.69. The molecule has 2 N–H and O–H groups in total. The Labute approximate surface area is 164 Å². The average molecular weight is 456 g/mol. The fourth-order valence-electron chi connectivity index (χ4n) is 2.69. The van der Waals surface area contributed by atoms with E-state index in [4.69, 9.17) is 5.73 Å². The van der Waals surface area contributed by atoms with Gasteiger partial charge in [-0.3, -0.25) is 15.0 Å². The van der Waals surface area contributed by atoms with Crippen molar-refractivity contribution in [3.05, 3.63) is 54.4 Å². The van der Waals surface area contributed by atoms with E-state index in [1.165, 1.54) is 12.1 Å². The SMILES string of the molecule is I.NC(=NCCc1cnccn1)N1CCN(c2ccc(F)cc2)CC1. The highest BCUT2D eigenvalue weighted by Crippen LogP contribution is 2.16. The summed E-state index contributed by atoms with van der Waals surface area (Å²) in [7, 11) is 0. The topological polar surface area (TPSA) is 70.6 Å². The van der Waals surface area contributed by atoms with Crippen LogP contribution in [0.3, 0.4) is 0 Å². The molecule has 2 heterocycles. The van der Waals surface area contributed by atoms with Crippen molar-refractivity contribution in [2.45, 2.75) is 6.42 Å². The summed E-state index contributed by atoms with van der Waals surface area (Å²) in [5.74, 6) is 0.356. The van der Waals surface area contributed by atoms with Gasteiger partial charge in [-0.15, -0.1) is 24.0 Å². The number of hydrogen-bond acceptors (Lipinski definition) is 4.